The molecule has 0 radical (unpaired) electrons. The summed E-state index contributed by atoms with van der Waals surface area (Å²) in [5, 5.41) is 12.5. The van der Waals surface area contributed by atoms with Crippen LogP contribution in [0.3, 0.4) is 0 Å². The van der Waals surface area contributed by atoms with E-state index in [1.54, 1.807) is 44.2 Å². The van der Waals surface area contributed by atoms with Crippen molar-refractivity contribution >= 4 is 13.5 Å². The Kier molecular flexibility index (Phi) is 7.72. The Balaban J connectivity index is 2.62. The summed E-state index contributed by atoms with van der Waals surface area (Å²) in [5.74, 6) is -0.629. The lowest BCUT2D eigenvalue weighted by Gasteiger charge is -2.21. The SMILES string of the molecule is CCOP(=O)(CNC(=O)[C@@H](N)C(O)c1ccccc1)OCC. The first kappa shape index (κ1) is 18.8. The van der Waals surface area contributed by atoms with E-state index in [0.717, 1.165) is 0 Å². The third-order valence-corrected chi connectivity index (χ3v) is 4.73. The molecule has 0 saturated carbocycles. The molecule has 0 aromatic heterocycles. The van der Waals surface area contributed by atoms with Gasteiger partial charge in [-0.3, -0.25) is 9.36 Å². The van der Waals surface area contributed by atoms with E-state index >= 15 is 0 Å². The topological polar surface area (TPSA) is 111 Å². The summed E-state index contributed by atoms with van der Waals surface area (Å²) < 4.78 is 22.3. The Hall–Kier alpha value is -1.24. The van der Waals surface area contributed by atoms with Gasteiger partial charge in [-0.2, -0.15) is 0 Å². The fourth-order valence-corrected chi connectivity index (χ4v) is 3.21. The van der Waals surface area contributed by atoms with Gasteiger partial charge in [-0.05, 0) is 19.4 Å². The van der Waals surface area contributed by atoms with Crippen LogP contribution in [-0.2, 0) is 18.4 Å². The standard InChI is InChI=1S/C14H23N2O5P/c1-3-20-22(19,21-4-2)10-16-14(18)12(15)13(17)11-8-6-5-7-9-11/h5-9,12-13,17H,3-4,10,15H2,1-2H3,(H,16,18)/t12-,13?/m0/s1. The summed E-state index contributed by atoms with van der Waals surface area (Å²) in [6.45, 7) is 3.76. The van der Waals surface area contributed by atoms with Gasteiger partial charge in [-0.15, -0.1) is 0 Å². The van der Waals surface area contributed by atoms with Gasteiger partial charge in [0.1, 0.15) is 18.4 Å². The van der Waals surface area contributed by atoms with Gasteiger partial charge >= 0.3 is 7.60 Å². The second-order valence-corrected chi connectivity index (χ2v) is 6.58. The van der Waals surface area contributed by atoms with E-state index in [-0.39, 0.29) is 19.5 Å². The lowest BCUT2D eigenvalue weighted by atomic mass is 10.0. The molecule has 0 fully saturated rings. The number of hydrogen-bond acceptors (Lipinski definition) is 6. The maximum Gasteiger partial charge on any atom is 0.349 e. The first-order chi connectivity index (χ1) is 10.4. The van der Waals surface area contributed by atoms with E-state index in [1.165, 1.54) is 0 Å². The predicted molar refractivity (Wildman–Crippen MR) is 83.2 cm³/mol. The van der Waals surface area contributed by atoms with Gasteiger partial charge in [-0.1, -0.05) is 30.3 Å². The molecule has 0 bridgehead atoms. The average Bonchev–Trinajstić information content (AvgIpc) is 2.52. The highest BCUT2D eigenvalue weighted by Crippen LogP contribution is 2.46. The van der Waals surface area contributed by atoms with Crippen LogP contribution in [0.1, 0.15) is 25.5 Å². The van der Waals surface area contributed by atoms with Crippen LogP contribution >= 0.6 is 7.60 Å². The normalized spacial score (nSPS) is 14.4. The first-order valence-electron chi connectivity index (χ1n) is 7.08. The fraction of sp³-hybridized carbons (Fsp3) is 0.500. The van der Waals surface area contributed by atoms with Crippen LogP contribution in [0.25, 0.3) is 0 Å². The van der Waals surface area contributed by atoms with E-state index in [4.69, 9.17) is 14.8 Å². The molecule has 0 spiro atoms. The zero-order valence-corrected chi connectivity index (χ0v) is 13.7. The second-order valence-electron chi connectivity index (χ2n) is 4.53. The second kappa shape index (κ2) is 9.02. The van der Waals surface area contributed by atoms with Crippen LogP contribution in [0, 0.1) is 0 Å². The summed E-state index contributed by atoms with van der Waals surface area (Å²) in [6, 6.07) is 7.43. The summed E-state index contributed by atoms with van der Waals surface area (Å²) >= 11 is 0. The molecule has 0 aliphatic rings. The van der Waals surface area contributed by atoms with Crippen molar-refractivity contribution in [3.8, 4) is 0 Å². The van der Waals surface area contributed by atoms with E-state index in [2.05, 4.69) is 5.32 Å². The molecular weight excluding hydrogens is 307 g/mol. The number of hydrogen-bond donors (Lipinski definition) is 3. The average molecular weight is 330 g/mol. The van der Waals surface area contributed by atoms with Gasteiger partial charge in [-0.25, -0.2) is 0 Å². The van der Waals surface area contributed by atoms with Crippen molar-refractivity contribution in [3.05, 3.63) is 35.9 Å². The maximum atomic E-state index is 12.2. The number of benzene rings is 1. The van der Waals surface area contributed by atoms with Crippen molar-refractivity contribution in [2.45, 2.75) is 26.0 Å². The summed E-state index contributed by atoms with van der Waals surface area (Å²) in [7, 11) is -3.38. The maximum absolute atomic E-state index is 12.2. The molecule has 0 aliphatic carbocycles. The molecule has 1 amide bonds. The smallest absolute Gasteiger partial charge is 0.349 e. The lowest BCUT2D eigenvalue weighted by Crippen LogP contribution is -2.45. The Labute approximate surface area is 130 Å². The van der Waals surface area contributed by atoms with E-state index in [0.29, 0.717) is 5.56 Å². The van der Waals surface area contributed by atoms with Crippen molar-refractivity contribution in [3.63, 3.8) is 0 Å². The number of rotatable bonds is 9. The Morgan fingerprint density at radius 1 is 1.27 bits per heavy atom. The van der Waals surface area contributed by atoms with Gasteiger partial charge in [0.05, 0.1) is 13.2 Å². The zero-order chi connectivity index (χ0) is 16.6. The van der Waals surface area contributed by atoms with Gasteiger partial charge in [0.2, 0.25) is 5.91 Å². The van der Waals surface area contributed by atoms with Crippen molar-refractivity contribution in [1.82, 2.24) is 5.32 Å². The minimum atomic E-state index is -3.38. The Bertz CT molecular complexity index is 501. The molecule has 7 nitrogen and oxygen atoms in total. The quantitative estimate of drug-likeness (QED) is 0.590. The number of aliphatic hydroxyl groups is 1. The van der Waals surface area contributed by atoms with Gasteiger partial charge < -0.3 is 25.2 Å². The van der Waals surface area contributed by atoms with Crippen LogP contribution in [0.2, 0.25) is 0 Å². The molecule has 2 atom stereocenters. The van der Waals surface area contributed by atoms with E-state index in [9.17, 15) is 14.5 Å². The monoisotopic (exact) mass is 330 g/mol. The van der Waals surface area contributed by atoms with E-state index in [1.807, 2.05) is 0 Å². The summed E-state index contributed by atoms with van der Waals surface area (Å²) in [5.41, 5.74) is 6.27. The number of carbonyl (C=O) groups excluding carboxylic acids is 1. The van der Waals surface area contributed by atoms with Crippen molar-refractivity contribution in [2.75, 3.05) is 19.5 Å². The molecule has 22 heavy (non-hydrogen) atoms. The molecule has 1 aromatic rings. The van der Waals surface area contributed by atoms with Gasteiger partial charge in [0.25, 0.3) is 0 Å². The van der Waals surface area contributed by atoms with Crippen molar-refractivity contribution < 1.29 is 23.5 Å². The zero-order valence-electron chi connectivity index (χ0n) is 12.8. The van der Waals surface area contributed by atoms with Crippen molar-refractivity contribution in [2.24, 2.45) is 5.73 Å². The molecular formula is C14H23N2O5P. The molecule has 4 N–H and O–H groups in total. The molecule has 0 saturated heterocycles. The highest BCUT2D eigenvalue weighted by Gasteiger charge is 2.28. The van der Waals surface area contributed by atoms with Crippen LogP contribution < -0.4 is 11.1 Å². The molecule has 8 heteroatoms. The van der Waals surface area contributed by atoms with Crippen LogP contribution in [0.15, 0.2) is 30.3 Å². The lowest BCUT2D eigenvalue weighted by molar-refractivity contribution is -0.124. The van der Waals surface area contributed by atoms with Gasteiger partial charge in [0.15, 0.2) is 0 Å². The largest absolute Gasteiger partial charge is 0.386 e. The molecule has 1 aromatic carbocycles. The minimum Gasteiger partial charge on any atom is -0.386 e. The summed E-state index contributed by atoms with van der Waals surface area (Å²) in [6.07, 6.45) is -1.44. The van der Waals surface area contributed by atoms with Crippen molar-refractivity contribution in [1.29, 1.82) is 0 Å². The molecule has 0 heterocycles. The van der Waals surface area contributed by atoms with Gasteiger partial charge in [0, 0.05) is 0 Å². The predicted octanol–water partition coefficient (Wildman–Crippen LogP) is 1.39. The minimum absolute atomic E-state index is 0.200. The number of nitrogens with one attached hydrogen (secondary N) is 1. The van der Waals surface area contributed by atoms with Crippen LogP contribution in [-0.4, -0.2) is 36.6 Å². The molecule has 0 aliphatic heterocycles. The summed E-state index contributed by atoms with van der Waals surface area (Å²) in [4.78, 5) is 12.0. The highest BCUT2D eigenvalue weighted by atomic mass is 31.2. The highest BCUT2D eigenvalue weighted by molar-refractivity contribution is 7.53. The molecule has 124 valence electrons. The first-order valence-corrected chi connectivity index (χ1v) is 8.80. The molecule has 1 rings (SSSR count). The Morgan fingerprint density at radius 2 is 1.82 bits per heavy atom. The van der Waals surface area contributed by atoms with E-state index < -0.39 is 25.6 Å². The Morgan fingerprint density at radius 3 is 2.32 bits per heavy atom. The number of nitrogens with two attached hydrogens (primary N) is 1. The number of aliphatic hydroxyl groups excluding tert-OH is 1. The third kappa shape index (κ3) is 5.51. The molecule has 1 unspecified atom stereocenters. The fourth-order valence-electron chi connectivity index (χ4n) is 1.82. The van der Waals surface area contributed by atoms with Crippen LogP contribution in [0.4, 0.5) is 0 Å². The third-order valence-electron chi connectivity index (χ3n) is 2.88. The van der Waals surface area contributed by atoms with Crippen LogP contribution in [0.5, 0.6) is 0 Å². The number of carbonyl (C=O) groups is 1. The number of amides is 1.